The van der Waals surface area contributed by atoms with Gasteiger partial charge in [-0.3, -0.25) is 14.7 Å². The number of likely N-dealkylation sites (tertiary alicyclic amines) is 1. The third-order valence-electron chi connectivity index (χ3n) is 3.65. The Morgan fingerprint density at radius 1 is 1.47 bits per heavy atom. The number of rotatable bonds is 4. The lowest BCUT2D eigenvalue weighted by Crippen LogP contribution is -2.24. The summed E-state index contributed by atoms with van der Waals surface area (Å²) in [6.07, 6.45) is 6.74. The molecule has 0 aliphatic carbocycles. The van der Waals surface area contributed by atoms with Gasteiger partial charge in [-0.25, -0.2) is 0 Å². The molecule has 1 unspecified atom stereocenters. The van der Waals surface area contributed by atoms with Crippen molar-refractivity contribution in [2.75, 3.05) is 13.1 Å². The predicted molar refractivity (Wildman–Crippen MR) is 74.1 cm³/mol. The number of carboxylic acid groups (broad SMARTS) is 1. The molecule has 1 aromatic heterocycles. The van der Waals surface area contributed by atoms with E-state index in [0.717, 1.165) is 44.5 Å². The topological polar surface area (TPSA) is 53.4 Å². The molecular weight excluding hydrogens is 264 g/mol. The monoisotopic (exact) mass is 282 g/mol. The molecule has 1 aliphatic heterocycles. The third kappa shape index (κ3) is 4.48. The highest BCUT2D eigenvalue weighted by Gasteiger charge is 2.19. The molecule has 0 saturated carbocycles. The van der Waals surface area contributed by atoms with E-state index in [1.807, 2.05) is 6.07 Å². The third-order valence-corrected chi connectivity index (χ3v) is 3.99. The molecule has 1 saturated heterocycles. The first-order chi connectivity index (χ1) is 9.15. The number of carbonyl (C=O) groups is 1. The highest BCUT2D eigenvalue weighted by atomic mass is 35.5. The van der Waals surface area contributed by atoms with Crippen LogP contribution in [-0.4, -0.2) is 34.0 Å². The van der Waals surface area contributed by atoms with Gasteiger partial charge in [0.15, 0.2) is 0 Å². The van der Waals surface area contributed by atoms with E-state index in [0.29, 0.717) is 17.4 Å². The van der Waals surface area contributed by atoms with Gasteiger partial charge in [-0.05, 0) is 49.9 Å². The van der Waals surface area contributed by atoms with Crippen molar-refractivity contribution in [1.29, 1.82) is 0 Å². The first kappa shape index (κ1) is 14.3. The van der Waals surface area contributed by atoms with E-state index in [1.54, 1.807) is 12.4 Å². The smallest absolute Gasteiger partial charge is 0.303 e. The molecule has 1 fully saturated rings. The zero-order valence-electron chi connectivity index (χ0n) is 10.9. The molecule has 4 nitrogen and oxygen atoms in total. The number of aromatic nitrogens is 1. The molecule has 1 atom stereocenters. The molecule has 0 spiro atoms. The zero-order valence-corrected chi connectivity index (χ0v) is 11.6. The van der Waals surface area contributed by atoms with Gasteiger partial charge in [0.05, 0.1) is 5.02 Å². The van der Waals surface area contributed by atoms with Gasteiger partial charge in [0.25, 0.3) is 0 Å². The van der Waals surface area contributed by atoms with Crippen LogP contribution in [-0.2, 0) is 11.3 Å². The second kappa shape index (κ2) is 6.87. The molecule has 5 heteroatoms. The molecule has 1 aliphatic rings. The SMILES string of the molecule is O=C(O)CC1CCCN(Cc2ccncc2Cl)CC1. The Hall–Kier alpha value is -1.13. The summed E-state index contributed by atoms with van der Waals surface area (Å²) >= 11 is 6.11. The summed E-state index contributed by atoms with van der Waals surface area (Å²) in [5, 5.41) is 9.56. The Kier molecular flexibility index (Phi) is 5.16. The fourth-order valence-electron chi connectivity index (χ4n) is 2.61. The van der Waals surface area contributed by atoms with E-state index >= 15 is 0 Å². The molecule has 0 radical (unpaired) electrons. The normalized spacial score (nSPS) is 21.0. The van der Waals surface area contributed by atoms with Crippen molar-refractivity contribution in [2.45, 2.75) is 32.2 Å². The lowest BCUT2D eigenvalue weighted by molar-refractivity contribution is -0.138. The Labute approximate surface area is 118 Å². The summed E-state index contributed by atoms with van der Waals surface area (Å²) in [6.45, 7) is 2.77. The van der Waals surface area contributed by atoms with E-state index in [-0.39, 0.29) is 0 Å². The first-order valence-corrected chi connectivity index (χ1v) is 7.05. The summed E-state index contributed by atoms with van der Waals surface area (Å²) < 4.78 is 0. The number of hydrogen-bond acceptors (Lipinski definition) is 3. The summed E-state index contributed by atoms with van der Waals surface area (Å²) in [4.78, 5) is 17.1. The first-order valence-electron chi connectivity index (χ1n) is 6.67. The Bertz CT molecular complexity index is 439. The number of hydrogen-bond donors (Lipinski definition) is 1. The van der Waals surface area contributed by atoms with Crippen LogP contribution in [0, 0.1) is 5.92 Å². The van der Waals surface area contributed by atoms with Crippen molar-refractivity contribution in [1.82, 2.24) is 9.88 Å². The molecular formula is C14H19ClN2O2. The number of nitrogens with zero attached hydrogens (tertiary/aromatic N) is 2. The van der Waals surface area contributed by atoms with Crippen LogP contribution >= 0.6 is 11.6 Å². The fourth-order valence-corrected chi connectivity index (χ4v) is 2.79. The van der Waals surface area contributed by atoms with Crippen molar-refractivity contribution in [3.8, 4) is 0 Å². The largest absolute Gasteiger partial charge is 0.481 e. The molecule has 1 N–H and O–H groups in total. The minimum absolute atomic E-state index is 0.295. The van der Waals surface area contributed by atoms with Crippen molar-refractivity contribution in [3.63, 3.8) is 0 Å². The average Bonchev–Trinajstić information content (AvgIpc) is 2.57. The molecule has 2 heterocycles. The maximum absolute atomic E-state index is 10.8. The lowest BCUT2D eigenvalue weighted by atomic mass is 9.97. The predicted octanol–water partition coefficient (Wildman–Crippen LogP) is 2.81. The van der Waals surface area contributed by atoms with Crippen molar-refractivity contribution >= 4 is 17.6 Å². The van der Waals surface area contributed by atoms with Gasteiger partial charge < -0.3 is 5.11 Å². The molecule has 104 valence electrons. The fraction of sp³-hybridized carbons (Fsp3) is 0.571. The van der Waals surface area contributed by atoms with Gasteiger partial charge in [-0.1, -0.05) is 11.6 Å². The summed E-state index contributed by atoms with van der Waals surface area (Å²) in [5.41, 5.74) is 1.09. The van der Waals surface area contributed by atoms with Gasteiger partial charge in [0.2, 0.25) is 0 Å². The highest BCUT2D eigenvalue weighted by molar-refractivity contribution is 6.31. The summed E-state index contributed by atoms with van der Waals surface area (Å²) in [5.74, 6) is -0.369. The zero-order chi connectivity index (χ0) is 13.7. The lowest BCUT2D eigenvalue weighted by Gasteiger charge is -2.20. The van der Waals surface area contributed by atoms with E-state index < -0.39 is 5.97 Å². The van der Waals surface area contributed by atoms with E-state index in [1.165, 1.54) is 0 Å². The van der Waals surface area contributed by atoms with Crippen LogP contribution in [0.4, 0.5) is 0 Å². The number of pyridine rings is 1. The Morgan fingerprint density at radius 3 is 3.05 bits per heavy atom. The number of aliphatic carboxylic acids is 1. The van der Waals surface area contributed by atoms with Gasteiger partial charge >= 0.3 is 5.97 Å². The Morgan fingerprint density at radius 2 is 2.32 bits per heavy atom. The van der Waals surface area contributed by atoms with Crippen LogP contribution in [0.2, 0.25) is 5.02 Å². The van der Waals surface area contributed by atoms with Crippen molar-refractivity contribution in [2.24, 2.45) is 5.92 Å². The van der Waals surface area contributed by atoms with Crippen LogP contribution < -0.4 is 0 Å². The van der Waals surface area contributed by atoms with E-state index in [2.05, 4.69) is 9.88 Å². The molecule has 0 amide bonds. The molecule has 19 heavy (non-hydrogen) atoms. The van der Waals surface area contributed by atoms with Crippen molar-refractivity contribution in [3.05, 3.63) is 29.0 Å². The standard InChI is InChI=1S/C14H19ClN2O2/c15-13-9-16-5-3-12(13)10-17-6-1-2-11(4-7-17)8-14(18)19/h3,5,9,11H,1-2,4,6-8,10H2,(H,18,19). The minimum Gasteiger partial charge on any atom is -0.481 e. The van der Waals surface area contributed by atoms with Crippen LogP contribution in [0.15, 0.2) is 18.5 Å². The number of halogens is 1. The maximum Gasteiger partial charge on any atom is 0.303 e. The minimum atomic E-state index is -0.685. The van der Waals surface area contributed by atoms with Gasteiger partial charge in [0, 0.05) is 25.4 Å². The summed E-state index contributed by atoms with van der Waals surface area (Å²) in [7, 11) is 0. The van der Waals surface area contributed by atoms with E-state index in [4.69, 9.17) is 16.7 Å². The maximum atomic E-state index is 10.8. The molecule has 0 aromatic carbocycles. The Balaban J connectivity index is 1.89. The molecule has 2 rings (SSSR count). The number of carboxylic acids is 1. The molecule has 0 bridgehead atoms. The van der Waals surface area contributed by atoms with Crippen LogP contribution in [0.3, 0.4) is 0 Å². The van der Waals surface area contributed by atoms with Gasteiger partial charge in [0.1, 0.15) is 0 Å². The summed E-state index contributed by atoms with van der Waals surface area (Å²) in [6, 6.07) is 1.95. The average molecular weight is 283 g/mol. The highest BCUT2D eigenvalue weighted by Crippen LogP contribution is 2.23. The second-order valence-electron chi connectivity index (χ2n) is 5.14. The van der Waals surface area contributed by atoms with Gasteiger partial charge in [-0.15, -0.1) is 0 Å². The van der Waals surface area contributed by atoms with Crippen LogP contribution in [0.1, 0.15) is 31.2 Å². The van der Waals surface area contributed by atoms with Crippen LogP contribution in [0.25, 0.3) is 0 Å². The van der Waals surface area contributed by atoms with E-state index in [9.17, 15) is 4.79 Å². The van der Waals surface area contributed by atoms with Crippen LogP contribution in [0.5, 0.6) is 0 Å². The molecule has 1 aromatic rings. The van der Waals surface area contributed by atoms with Crippen molar-refractivity contribution < 1.29 is 9.90 Å². The second-order valence-corrected chi connectivity index (χ2v) is 5.55. The van der Waals surface area contributed by atoms with Gasteiger partial charge in [-0.2, -0.15) is 0 Å². The quantitative estimate of drug-likeness (QED) is 0.923.